The molecule has 0 radical (unpaired) electrons. The maximum absolute atomic E-state index is 15.8. The molecular weight excluding hydrogens is 568 g/mol. The van der Waals surface area contributed by atoms with Gasteiger partial charge < -0.3 is 26.2 Å². The van der Waals surface area contributed by atoms with E-state index in [9.17, 15) is 34.8 Å². The average molecular weight is 605 g/mol. The van der Waals surface area contributed by atoms with Gasteiger partial charge in [0.25, 0.3) is 5.91 Å². The first-order chi connectivity index (χ1) is 17.4. The van der Waals surface area contributed by atoms with E-state index in [1.807, 2.05) is 32.7 Å². The number of carbonyl (C=O) groups excluding carboxylic acids is 3. The first-order valence-corrected chi connectivity index (χ1v) is 12.3. The fraction of sp³-hybridized carbons (Fsp3) is 0.519. The van der Waals surface area contributed by atoms with Crippen LogP contribution in [0.5, 0.6) is 5.75 Å². The SMILES string of the molecule is CN(C)[C@@H]1C(=O)C(C(N)=O)=C(O)[C@@]2(O)C(=O)C3=C(O)c4c(O)cc(CN(C)C(C)(C)C)c(F)c4C[C@H]3C[C@@H]12.Cl.Cl. The number of halogens is 3. The van der Waals surface area contributed by atoms with E-state index in [1.165, 1.54) is 25.1 Å². The highest BCUT2D eigenvalue weighted by Crippen LogP contribution is 2.53. The molecule has 222 valence electrons. The Morgan fingerprint density at radius 2 is 1.73 bits per heavy atom. The van der Waals surface area contributed by atoms with Gasteiger partial charge in [-0.3, -0.25) is 24.2 Å². The lowest BCUT2D eigenvalue weighted by Crippen LogP contribution is -2.65. The van der Waals surface area contributed by atoms with Gasteiger partial charge >= 0.3 is 0 Å². The highest BCUT2D eigenvalue weighted by Gasteiger charge is 2.64. The van der Waals surface area contributed by atoms with Crippen LogP contribution in [0.25, 0.3) is 5.76 Å². The Hall–Kier alpha value is -2.70. The molecule has 0 saturated heterocycles. The number of fused-ring (bicyclic) bond motifs is 3. The third-order valence-corrected chi connectivity index (χ3v) is 8.28. The predicted molar refractivity (Wildman–Crippen MR) is 150 cm³/mol. The van der Waals surface area contributed by atoms with Crippen molar-refractivity contribution in [2.75, 3.05) is 21.1 Å². The van der Waals surface area contributed by atoms with Crippen molar-refractivity contribution in [1.82, 2.24) is 9.80 Å². The van der Waals surface area contributed by atoms with Gasteiger partial charge in [-0.1, -0.05) is 0 Å². The number of aromatic hydroxyl groups is 1. The number of nitrogens with two attached hydrogens (primary N) is 1. The van der Waals surface area contributed by atoms with Crippen molar-refractivity contribution in [2.45, 2.75) is 57.3 Å². The molecular formula is C27H36Cl2FN3O7. The van der Waals surface area contributed by atoms with E-state index in [0.29, 0.717) is 0 Å². The van der Waals surface area contributed by atoms with Crippen LogP contribution in [0.15, 0.2) is 23.0 Å². The van der Waals surface area contributed by atoms with Crippen LogP contribution in [0.2, 0.25) is 0 Å². The normalized spacial score (nSPS) is 26.2. The van der Waals surface area contributed by atoms with Crippen molar-refractivity contribution in [3.63, 3.8) is 0 Å². The summed E-state index contributed by atoms with van der Waals surface area (Å²) in [7, 11) is 4.85. The third kappa shape index (κ3) is 4.77. The van der Waals surface area contributed by atoms with Crippen molar-refractivity contribution in [1.29, 1.82) is 0 Å². The van der Waals surface area contributed by atoms with E-state index >= 15 is 4.39 Å². The zero-order valence-corrected chi connectivity index (χ0v) is 24.7. The molecule has 6 N–H and O–H groups in total. The number of phenols is 1. The first kappa shape index (κ1) is 33.5. The summed E-state index contributed by atoms with van der Waals surface area (Å²) < 4.78 is 15.8. The molecule has 10 nitrogen and oxygen atoms in total. The van der Waals surface area contributed by atoms with Crippen molar-refractivity contribution < 1.29 is 39.2 Å². The second-order valence-electron chi connectivity index (χ2n) is 11.7. The zero-order chi connectivity index (χ0) is 28.6. The summed E-state index contributed by atoms with van der Waals surface area (Å²) >= 11 is 0. The second-order valence-corrected chi connectivity index (χ2v) is 11.7. The van der Waals surface area contributed by atoms with E-state index in [1.54, 1.807) is 0 Å². The maximum Gasteiger partial charge on any atom is 0.255 e. The largest absolute Gasteiger partial charge is 0.508 e. The standard InChI is InChI=1S/C27H34FN3O7.2ClH/c1-26(2,3)31(6)10-12-9-15(32)17-13(19(12)28)7-11-8-14-20(30(4)5)22(34)18(25(29)37)24(36)27(14,38)23(35)16(11)21(17)33;;/h9,11,14,20,32-33,36,38H,7-8,10H2,1-6H3,(H2,29,37);2*1H/t11-,14-,20-,27-;;/m0../s1. The van der Waals surface area contributed by atoms with Gasteiger partial charge in [-0.2, -0.15) is 0 Å². The number of amides is 1. The summed E-state index contributed by atoms with van der Waals surface area (Å²) in [5.41, 5.74) is 1.07. The Labute approximate surface area is 244 Å². The maximum atomic E-state index is 15.8. The monoisotopic (exact) mass is 603 g/mol. The molecule has 3 aliphatic rings. The molecule has 13 heteroatoms. The van der Waals surface area contributed by atoms with Gasteiger partial charge in [-0.05, 0) is 66.7 Å². The van der Waals surface area contributed by atoms with E-state index in [0.717, 1.165) is 0 Å². The Morgan fingerprint density at radius 1 is 1.15 bits per heavy atom. The van der Waals surface area contributed by atoms with Gasteiger partial charge in [-0.15, -0.1) is 24.8 Å². The number of hydrogen-bond acceptors (Lipinski definition) is 9. The summed E-state index contributed by atoms with van der Waals surface area (Å²) in [6.45, 7) is 6.04. The average Bonchev–Trinajstić information content (AvgIpc) is 2.78. The highest BCUT2D eigenvalue weighted by atomic mass is 35.5. The number of aliphatic hydroxyl groups is 3. The molecule has 0 heterocycles. The number of rotatable bonds is 4. The number of primary amides is 1. The highest BCUT2D eigenvalue weighted by molar-refractivity contribution is 6.24. The minimum absolute atomic E-state index is 0. The molecule has 1 fully saturated rings. The van der Waals surface area contributed by atoms with Crippen molar-refractivity contribution in [3.05, 3.63) is 45.5 Å². The number of likely N-dealkylation sites (N-methyl/N-ethyl adjacent to an activating group) is 1. The number of aliphatic hydroxyl groups excluding tert-OH is 2. The topological polar surface area (TPSA) is 165 Å². The van der Waals surface area contributed by atoms with E-state index < -0.39 is 69.6 Å². The lowest BCUT2D eigenvalue weighted by molar-refractivity contribution is -0.153. The Bertz CT molecular complexity index is 1340. The van der Waals surface area contributed by atoms with Gasteiger partial charge in [0.2, 0.25) is 5.78 Å². The fourth-order valence-corrected chi connectivity index (χ4v) is 5.95. The smallest absolute Gasteiger partial charge is 0.255 e. The van der Waals surface area contributed by atoms with Crippen LogP contribution in [0.1, 0.15) is 43.9 Å². The van der Waals surface area contributed by atoms with Crippen molar-refractivity contribution in [3.8, 4) is 5.75 Å². The Morgan fingerprint density at radius 3 is 2.23 bits per heavy atom. The first-order valence-electron chi connectivity index (χ1n) is 12.3. The molecule has 40 heavy (non-hydrogen) atoms. The van der Waals surface area contributed by atoms with Crippen LogP contribution in [-0.4, -0.2) is 86.0 Å². The molecule has 4 rings (SSSR count). The minimum atomic E-state index is -2.73. The summed E-state index contributed by atoms with van der Waals surface area (Å²) in [5, 5.41) is 44.4. The van der Waals surface area contributed by atoms with Crippen molar-refractivity contribution >= 4 is 48.0 Å². The molecule has 3 aliphatic carbocycles. The number of carbonyl (C=O) groups is 3. The molecule has 0 aliphatic heterocycles. The van der Waals surface area contributed by atoms with Crippen LogP contribution < -0.4 is 5.73 Å². The summed E-state index contributed by atoms with van der Waals surface area (Å²) in [6, 6.07) is -0.000117. The van der Waals surface area contributed by atoms with Gasteiger partial charge in [0.1, 0.15) is 28.7 Å². The lowest BCUT2D eigenvalue weighted by atomic mass is 9.57. The van der Waals surface area contributed by atoms with Gasteiger partial charge in [0.15, 0.2) is 11.4 Å². The molecule has 0 unspecified atom stereocenters. The molecule has 1 saturated carbocycles. The number of Topliss-reactive ketones (excluding diaryl/α,β-unsaturated/α-hetero) is 2. The molecule has 0 spiro atoms. The third-order valence-electron chi connectivity index (χ3n) is 8.28. The lowest BCUT2D eigenvalue weighted by Gasteiger charge is -2.50. The zero-order valence-electron chi connectivity index (χ0n) is 23.1. The van der Waals surface area contributed by atoms with Crippen LogP contribution in [0, 0.1) is 17.7 Å². The van der Waals surface area contributed by atoms with Gasteiger partial charge in [0, 0.05) is 34.7 Å². The molecule has 4 atom stereocenters. The number of phenolic OH excluding ortho intramolecular Hbond substituents is 1. The van der Waals surface area contributed by atoms with Crippen molar-refractivity contribution in [2.24, 2.45) is 17.6 Å². The minimum Gasteiger partial charge on any atom is -0.508 e. The quantitative estimate of drug-likeness (QED) is 0.324. The van der Waals surface area contributed by atoms with Crippen LogP contribution in [0.3, 0.4) is 0 Å². The summed E-state index contributed by atoms with van der Waals surface area (Å²) in [6.07, 6.45) is -0.195. The number of nitrogens with zero attached hydrogens (tertiary/aromatic N) is 2. The molecule has 1 aromatic carbocycles. The number of ketones is 2. The molecule has 0 aromatic heterocycles. The van der Waals surface area contributed by atoms with E-state index in [4.69, 9.17) is 5.73 Å². The molecule has 1 amide bonds. The van der Waals surface area contributed by atoms with E-state index in [2.05, 4.69) is 0 Å². The van der Waals surface area contributed by atoms with Crippen LogP contribution >= 0.6 is 24.8 Å². The fourth-order valence-electron chi connectivity index (χ4n) is 5.95. The number of benzene rings is 1. The van der Waals surface area contributed by atoms with Gasteiger partial charge in [-0.25, -0.2) is 4.39 Å². The molecule has 0 bridgehead atoms. The summed E-state index contributed by atoms with van der Waals surface area (Å²) in [5.74, 6) is -8.27. The predicted octanol–water partition coefficient (Wildman–Crippen LogP) is 2.18. The Kier molecular flexibility index (Phi) is 9.16. The number of hydrogen-bond donors (Lipinski definition) is 5. The Balaban J connectivity index is 0.00000280. The van der Waals surface area contributed by atoms with Crippen LogP contribution in [0.4, 0.5) is 4.39 Å². The van der Waals surface area contributed by atoms with Crippen LogP contribution in [-0.2, 0) is 27.3 Å². The van der Waals surface area contributed by atoms with Gasteiger partial charge in [0.05, 0.1) is 11.6 Å². The summed E-state index contributed by atoms with van der Waals surface area (Å²) in [4.78, 5) is 42.3. The van der Waals surface area contributed by atoms with E-state index in [-0.39, 0.29) is 72.0 Å². The molecule has 1 aromatic rings. The second kappa shape index (κ2) is 10.9.